The number of aromatic nitrogens is 4. The summed E-state index contributed by atoms with van der Waals surface area (Å²) in [7, 11) is 0. The molecule has 3 heterocycles. The Morgan fingerprint density at radius 1 is 1.27 bits per heavy atom. The Balaban J connectivity index is 1.38. The molecule has 1 aliphatic rings. The summed E-state index contributed by atoms with van der Waals surface area (Å²) in [6.07, 6.45) is -3.17. The van der Waals surface area contributed by atoms with E-state index in [-0.39, 0.29) is 23.2 Å². The highest BCUT2D eigenvalue weighted by Crippen LogP contribution is 2.43. The molecule has 0 bridgehead atoms. The van der Waals surface area contributed by atoms with Gasteiger partial charge in [-0.05, 0) is 37.1 Å². The van der Waals surface area contributed by atoms with Gasteiger partial charge in [-0.3, -0.25) is 4.79 Å². The average Bonchev–Trinajstić information content (AvgIpc) is 3.15. The molecule has 0 saturated heterocycles. The van der Waals surface area contributed by atoms with Crippen LogP contribution in [0.25, 0.3) is 16.9 Å². The molecular weight excluding hydrogens is 446 g/mol. The first-order valence-corrected chi connectivity index (χ1v) is 9.81. The number of hydrogen-bond acceptors (Lipinski definition) is 6. The second-order valence-corrected chi connectivity index (χ2v) is 7.60. The maximum Gasteiger partial charge on any atom is 0.573 e. The summed E-state index contributed by atoms with van der Waals surface area (Å²) in [4.78, 5) is 17.1. The summed E-state index contributed by atoms with van der Waals surface area (Å²) in [6, 6.07) is 7.57. The molecule has 1 amide bonds. The number of carbonyl (C=O) groups excluding carboxylic acids is 1. The van der Waals surface area contributed by atoms with Crippen LogP contribution in [0.1, 0.15) is 34.2 Å². The van der Waals surface area contributed by atoms with Gasteiger partial charge in [-0.25, -0.2) is 8.91 Å². The number of carbonyl (C=O) groups is 1. The molecule has 170 valence electrons. The van der Waals surface area contributed by atoms with Crippen molar-refractivity contribution < 1.29 is 31.6 Å². The van der Waals surface area contributed by atoms with E-state index < -0.39 is 24.2 Å². The standard InChI is InChI=1S/C21H15F4N5O3/c1-10-2-3-11(18-28-20(33-29-18)13-7-15(13)22)6-16(10)27-19(31)14-8-26-30-9-12(4-5-17(14)30)32-21(23,24)25/h2-6,8-9,13,15H,7H2,1H3,(H,27,31)/t13-,15-/m0/s1. The summed E-state index contributed by atoms with van der Waals surface area (Å²) in [6.45, 7) is 1.79. The van der Waals surface area contributed by atoms with Gasteiger partial charge in [-0.1, -0.05) is 17.3 Å². The van der Waals surface area contributed by atoms with Crippen molar-refractivity contribution >= 4 is 17.1 Å². The van der Waals surface area contributed by atoms with E-state index in [1.807, 2.05) is 0 Å². The third-order valence-electron chi connectivity index (χ3n) is 5.18. The smallest absolute Gasteiger partial charge is 0.404 e. The van der Waals surface area contributed by atoms with Crippen molar-refractivity contribution in [3.05, 3.63) is 59.7 Å². The van der Waals surface area contributed by atoms with Crippen LogP contribution in [0.2, 0.25) is 0 Å². The van der Waals surface area contributed by atoms with E-state index in [0.29, 0.717) is 23.2 Å². The van der Waals surface area contributed by atoms with Gasteiger partial charge in [0.25, 0.3) is 5.91 Å². The number of alkyl halides is 4. The Hall–Kier alpha value is -3.96. The molecule has 2 atom stereocenters. The highest BCUT2D eigenvalue weighted by Gasteiger charge is 2.43. The van der Waals surface area contributed by atoms with Crippen molar-refractivity contribution in [1.29, 1.82) is 0 Å². The molecule has 0 unspecified atom stereocenters. The lowest BCUT2D eigenvalue weighted by molar-refractivity contribution is -0.274. The molecule has 5 rings (SSSR count). The van der Waals surface area contributed by atoms with Crippen LogP contribution in [0, 0.1) is 6.92 Å². The summed E-state index contributed by atoms with van der Waals surface area (Å²) in [5.74, 6) is -0.828. The van der Waals surface area contributed by atoms with Crippen LogP contribution >= 0.6 is 0 Å². The van der Waals surface area contributed by atoms with Crippen molar-refractivity contribution in [3.63, 3.8) is 0 Å². The van der Waals surface area contributed by atoms with Crippen LogP contribution in [0.3, 0.4) is 0 Å². The zero-order valence-electron chi connectivity index (χ0n) is 16.9. The fourth-order valence-electron chi connectivity index (χ4n) is 3.34. The zero-order valence-corrected chi connectivity index (χ0v) is 16.9. The van der Waals surface area contributed by atoms with E-state index in [4.69, 9.17) is 4.52 Å². The number of rotatable bonds is 5. The van der Waals surface area contributed by atoms with E-state index >= 15 is 0 Å². The SMILES string of the molecule is Cc1ccc(-c2noc([C@H]3C[C@@H]3F)n2)cc1NC(=O)c1cnn2cc(OC(F)(F)F)ccc12. The number of ether oxygens (including phenoxy) is 1. The maximum atomic E-state index is 13.2. The van der Waals surface area contributed by atoms with Gasteiger partial charge < -0.3 is 14.6 Å². The predicted molar refractivity (Wildman–Crippen MR) is 107 cm³/mol. The molecule has 1 fully saturated rings. The Morgan fingerprint density at radius 3 is 2.79 bits per heavy atom. The molecule has 8 nitrogen and oxygen atoms in total. The number of fused-ring (bicyclic) bond motifs is 1. The van der Waals surface area contributed by atoms with Gasteiger partial charge in [0.1, 0.15) is 11.9 Å². The van der Waals surface area contributed by atoms with Gasteiger partial charge in [-0.2, -0.15) is 10.1 Å². The van der Waals surface area contributed by atoms with Crippen LogP contribution in [0.5, 0.6) is 5.75 Å². The summed E-state index contributed by atoms with van der Waals surface area (Å²) in [5.41, 5.74) is 2.23. The Kier molecular flexibility index (Phi) is 4.80. The fraction of sp³-hybridized carbons (Fsp3) is 0.238. The number of amides is 1. The predicted octanol–water partition coefficient (Wildman–Crippen LogP) is 4.67. The Bertz CT molecular complexity index is 1360. The summed E-state index contributed by atoms with van der Waals surface area (Å²) in [5, 5.41) is 10.6. The van der Waals surface area contributed by atoms with Crippen molar-refractivity contribution in [2.45, 2.75) is 31.8 Å². The quantitative estimate of drug-likeness (QED) is 0.434. The second kappa shape index (κ2) is 7.57. The number of anilines is 1. The summed E-state index contributed by atoms with van der Waals surface area (Å²) < 4.78 is 60.6. The number of nitrogens with one attached hydrogen (secondary N) is 1. The third kappa shape index (κ3) is 4.23. The molecule has 1 N–H and O–H groups in total. The molecule has 1 aromatic carbocycles. The molecule has 4 aromatic rings. The Morgan fingerprint density at radius 2 is 2.06 bits per heavy atom. The molecule has 12 heteroatoms. The monoisotopic (exact) mass is 461 g/mol. The minimum atomic E-state index is -4.84. The molecule has 0 radical (unpaired) electrons. The number of nitrogens with zero attached hydrogens (tertiary/aromatic N) is 4. The number of pyridine rings is 1. The first-order chi connectivity index (χ1) is 15.7. The molecule has 3 aromatic heterocycles. The van der Waals surface area contributed by atoms with Crippen molar-refractivity contribution in [1.82, 2.24) is 19.8 Å². The van der Waals surface area contributed by atoms with Gasteiger partial charge in [-0.15, -0.1) is 13.2 Å². The Labute approximate surface area is 183 Å². The minimum absolute atomic E-state index is 0.155. The fourth-order valence-corrected chi connectivity index (χ4v) is 3.34. The first kappa shape index (κ1) is 20.9. The zero-order chi connectivity index (χ0) is 23.3. The third-order valence-corrected chi connectivity index (χ3v) is 5.18. The van der Waals surface area contributed by atoms with Gasteiger partial charge in [0, 0.05) is 11.3 Å². The van der Waals surface area contributed by atoms with E-state index in [1.165, 1.54) is 12.3 Å². The van der Waals surface area contributed by atoms with Crippen LogP contribution < -0.4 is 10.1 Å². The highest BCUT2D eigenvalue weighted by atomic mass is 19.4. The molecular formula is C21H15F4N5O3. The van der Waals surface area contributed by atoms with E-state index in [0.717, 1.165) is 22.3 Å². The minimum Gasteiger partial charge on any atom is -0.404 e. The van der Waals surface area contributed by atoms with Crippen molar-refractivity contribution in [2.24, 2.45) is 0 Å². The first-order valence-electron chi connectivity index (χ1n) is 9.81. The van der Waals surface area contributed by atoms with Crippen molar-refractivity contribution in [3.8, 4) is 17.1 Å². The largest absolute Gasteiger partial charge is 0.573 e. The number of benzene rings is 1. The normalized spacial score (nSPS) is 17.8. The summed E-state index contributed by atoms with van der Waals surface area (Å²) >= 11 is 0. The molecule has 0 aliphatic heterocycles. The number of hydrogen-bond donors (Lipinski definition) is 1. The van der Waals surface area contributed by atoms with E-state index in [9.17, 15) is 22.4 Å². The maximum absolute atomic E-state index is 13.2. The van der Waals surface area contributed by atoms with E-state index in [1.54, 1.807) is 25.1 Å². The molecule has 1 aliphatic carbocycles. The van der Waals surface area contributed by atoms with Crippen LogP contribution in [0.4, 0.5) is 23.2 Å². The molecule has 0 spiro atoms. The topological polar surface area (TPSA) is 94.6 Å². The van der Waals surface area contributed by atoms with Crippen LogP contribution in [-0.2, 0) is 0 Å². The lowest BCUT2D eigenvalue weighted by atomic mass is 10.1. The number of halogens is 4. The average molecular weight is 461 g/mol. The van der Waals surface area contributed by atoms with Gasteiger partial charge in [0.05, 0.1) is 29.4 Å². The van der Waals surface area contributed by atoms with Gasteiger partial charge in [0.2, 0.25) is 11.7 Å². The van der Waals surface area contributed by atoms with Crippen LogP contribution in [-0.4, -0.2) is 38.2 Å². The number of aryl methyl sites for hydroxylation is 1. The lowest BCUT2D eigenvalue weighted by Crippen LogP contribution is -2.17. The van der Waals surface area contributed by atoms with Gasteiger partial charge >= 0.3 is 6.36 Å². The van der Waals surface area contributed by atoms with Gasteiger partial charge in [0.15, 0.2) is 0 Å². The van der Waals surface area contributed by atoms with E-state index in [2.05, 4.69) is 25.3 Å². The molecule has 1 saturated carbocycles. The van der Waals surface area contributed by atoms with Crippen LogP contribution in [0.15, 0.2) is 47.2 Å². The lowest BCUT2D eigenvalue weighted by Gasteiger charge is -2.10. The van der Waals surface area contributed by atoms with Crippen molar-refractivity contribution in [2.75, 3.05) is 5.32 Å². The second-order valence-electron chi connectivity index (χ2n) is 7.60. The highest BCUT2D eigenvalue weighted by molar-refractivity contribution is 6.09. The molecule has 33 heavy (non-hydrogen) atoms.